The van der Waals surface area contributed by atoms with E-state index in [0.29, 0.717) is 12.5 Å². The van der Waals surface area contributed by atoms with Crippen molar-refractivity contribution >= 4 is 5.70 Å². The second kappa shape index (κ2) is 9.45. The van der Waals surface area contributed by atoms with Crippen LogP contribution < -0.4 is 0 Å². The van der Waals surface area contributed by atoms with E-state index >= 15 is 0 Å². The second-order valence-electron chi connectivity index (χ2n) is 7.79. The molecule has 1 saturated heterocycles. The first-order chi connectivity index (χ1) is 13.9. The molecule has 0 aliphatic carbocycles. The van der Waals surface area contributed by atoms with Crippen LogP contribution in [0.1, 0.15) is 26.5 Å². The lowest BCUT2D eigenvalue weighted by Crippen LogP contribution is -2.44. The molecule has 6 heteroatoms. The van der Waals surface area contributed by atoms with Gasteiger partial charge in [0.05, 0.1) is 23.7 Å². The average Bonchev–Trinajstić information content (AvgIpc) is 3.23. The molecule has 2 aromatic rings. The molecule has 6 nitrogen and oxygen atoms in total. The molecular formula is C23H31N5O. The predicted octanol–water partition coefficient (Wildman–Crippen LogP) is 4.15. The van der Waals surface area contributed by atoms with E-state index < -0.39 is 0 Å². The molecule has 0 aromatic carbocycles. The molecule has 0 unspecified atom stereocenters. The Morgan fingerprint density at radius 1 is 1.24 bits per heavy atom. The molecule has 154 valence electrons. The fourth-order valence-electron chi connectivity index (χ4n) is 3.27. The summed E-state index contributed by atoms with van der Waals surface area (Å²) >= 11 is 0. The zero-order valence-electron chi connectivity index (χ0n) is 17.7. The molecule has 29 heavy (non-hydrogen) atoms. The minimum absolute atomic E-state index is 0.496. The molecule has 3 heterocycles. The molecular weight excluding hydrogens is 362 g/mol. The number of nitrogens with zero attached hydrogens (tertiary/aromatic N) is 4. The van der Waals surface area contributed by atoms with Crippen LogP contribution in [0.2, 0.25) is 0 Å². The number of piperazine rings is 1. The van der Waals surface area contributed by atoms with Gasteiger partial charge in [-0.1, -0.05) is 27.0 Å². The lowest BCUT2D eigenvalue weighted by atomic mass is 10.2. The second-order valence-corrected chi connectivity index (χ2v) is 7.79. The Morgan fingerprint density at radius 3 is 2.62 bits per heavy atom. The zero-order chi connectivity index (χ0) is 20.8. The first kappa shape index (κ1) is 20.7. The number of H-pyrrole nitrogens is 1. The number of rotatable bonds is 8. The molecule has 1 aliphatic rings. The maximum Gasteiger partial charge on any atom is 0.113 e. The number of aromatic nitrogens is 3. The summed E-state index contributed by atoms with van der Waals surface area (Å²) in [5.74, 6) is 1.22. The highest BCUT2D eigenvalue weighted by atomic mass is 16.5. The van der Waals surface area contributed by atoms with Gasteiger partial charge in [-0.3, -0.25) is 10.1 Å². The summed E-state index contributed by atoms with van der Waals surface area (Å²) in [5, 5.41) is 7.52. The third kappa shape index (κ3) is 5.50. The third-order valence-electron chi connectivity index (χ3n) is 4.98. The third-order valence-corrected chi connectivity index (χ3v) is 4.98. The molecule has 2 aromatic heterocycles. The van der Waals surface area contributed by atoms with Crippen LogP contribution in [0.15, 0.2) is 61.3 Å². The number of pyridine rings is 1. The van der Waals surface area contributed by atoms with Crippen LogP contribution >= 0.6 is 0 Å². The number of aromatic amines is 1. The van der Waals surface area contributed by atoms with Gasteiger partial charge in [0, 0.05) is 49.8 Å². The van der Waals surface area contributed by atoms with Gasteiger partial charge in [0.2, 0.25) is 0 Å². The molecule has 0 spiro atoms. The number of ether oxygens (including phenoxy) is 1. The normalized spacial score (nSPS) is 15.0. The quantitative estimate of drug-likeness (QED) is 0.539. The van der Waals surface area contributed by atoms with Crippen LogP contribution in [0.25, 0.3) is 17.0 Å². The Kier molecular flexibility index (Phi) is 6.75. The molecule has 0 atom stereocenters. The molecule has 0 radical (unpaired) electrons. The van der Waals surface area contributed by atoms with E-state index in [9.17, 15) is 0 Å². The molecule has 1 aliphatic heterocycles. The Hall–Kier alpha value is -3.02. The number of allylic oxidation sites excluding steroid dienone is 2. The van der Waals surface area contributed by atoms with Gasteiger partial charge in [0.25, 0.3) is 0 Å². The van der Waals surface area contributed by atoms with Crippen molar-refractivity contribution in [3.05, 3.63) is 67.0 Å². The van der Waals surface area contributed by atoms with Gasteiger partial charge in [-0.05, 0) is 37.1 Å². The molecule has 0 amide bonds. The highest BCUT2D eigenvalue weighted by Crippen LogP contribution is 2.23. The lowest BCUT2D eigenvalue weighted by molar-refractivity contribution is 0.186. The fourth-order valence-corrected chi connectivity index (χ4v) is 3.27. The highest BCUT2D eigenvalue weighted by molar-refractivity contribution is 5.66. The van der Waals surface area contributed by atoms with Crippen molar-refractivity contribution in [2.24, 2.45) is 5.92 Å². The Balaban J connectivity index is 1.54. The first-order valence-corrected chi connectivity index (χ1v) is 10.1. The molecule has 0 bridgehead atoms. The Morgan fingerprint density at radius 2 is 1.97 bits per heavy atom. The fraction of sp³-hybridized carbons (Fsp3) is 0.391. The topological polar surface area (TPSA) is 57.3 Å². The average molecular weight is 394 g/mol. The van der Waals surface area contributed by atoms with E-state index in [2.05, 4.69) is 58.9 Å². The van der Waals surface area contributed by atoms with Crippen molar-refractivity contribution < 1.29 is 4.74 Å². The smallest absolute Gasteiger partial charge is 0.113 e. The minimum atomic E-state index is 0.496. The van der Waals surface area contributed by atoms with Crippen molar-refractivity contribution in [2.75, 3.05) is 32.8 Å². The SMILES string of the molecule is C=C(/C=C(\C)N1CCN(C(=C)c2cc(-c3cccnc3)n[nH]2)CC1)OCC(C)C. The van der Waals surface area contributed by atoms with Gasteiger partial charge in [0.1, 0.15) is 5.76 Å². The molecule has 1 fully saturated rings. The van der Waals surface area contributed by atoms with Crippen molar-refractivity contribution in [1.82, 2.24) is 25.0 Å². The van der Waals surface area contributed by atoms with Gasteiger partial charge < -0.3 is 14.5 Å². The summed E-state index contributed by atoms with van der Waals surface area (Å²) < 4.78 is 5.68. The van der Waals surface area contributed by atoms with Crippen LogP contribution in [0, 0.1) is 5.92 Å². The summed E-state index contributed by atoms with van der Waals surface area (Å²) in [5.41, 5.74) is 4.97. The summed E-state index contributed by atoms with van der Waals surface area (Å²) in [4.78, 5) is 8.82. The Labute approximate surface area is 173 Å². The maximum absolute atomic E-state index is 5.68. The predicted molar refractivity (Wildman–Crippen MR) is 118 cm³/mol. The first-order valence-electron chi connectivity index (χ1n) is 10.1. The van der Waals surface area contributed by atoms with Crippen molar-refractivity contribution in [3.8, 4) is 11.3 Å². The molecule has 3 rings (SSSR count). The summed E-state index contributed by atoms with van der Waals surface area (Å²) in [7, 11) is 0. The largest absolute Gasteiger partial charge is 0.494 e. The van der Waals surface area contributed by atoms with Crippen LogP contribution in [0.4, 0.5) is 0 Å². The minimum Gasteiger partial charge on any atom is -0.494 e. The van der Waals surface area contributed by atoms with E-state index in [0.717, 1.165) is 54.6 Å². The van der Waals surface area contributed by atoms with Gasteiger partial charge in [0.15, 0.2) is 0 Å². The van der Waals surface area contributed by atoms with E-state index in [1.165, 1.54) is 5.70 Å². The van der Waals surface area contributed by atoms with Gasteiger partial charge >= 0.3 is 0 Å². The monoisotopic (exact) mass is 393 g/mol. The van der Waals surface area contributed by atoms with Crippen LogP contribution in [0.5, 0.6) is 0 Å². The van der Waals surface area contributed by atoms with Crippen molar-refractivity contribution in [3.63, 3.8) is 0 Å². The van der Waals surface area contributed by atoms with Gasteiger partial charge in [-0.15, -0.1) is 0 Å². The van der Waals surface area contributed by atoms with Crippen LogP contribution in [0.3, 0.4) is 0 Å². The van der Waals surface area contributed by atoms with Gasteiger partial charge in [-0.2, -0.15) is 5.10 Å². The summed E-state index contributed by atoms with van der Waals surface area (Å²) in [6.07, 6.45) is 5.61. The molecule has 0 saturated carbocycles. The van der Waals surface area contributed by atoms with Crippen LogP contribution in [-0.2, 0) is 4.74 Å². The zero-order valence-corrected chi connectivity index (χ0v) is 17.7. The Bertz CT molecular complexity index is 860. The maximum atomic E-state index is 5.68. The lowest BCUT2D eigenvalue weighted by Gasteiger charge is -2.38. The van der Waals surface area contributed by atoms with Crippen LogP contribution in [-0.4, -0.2) is 57.8 Å². The molecule has 1 N–H and O–H groups in total. The number of hydrogen-bond donors (Lipinski definition) is 1. The van der Waals surface area contributed by atoms with Crippen molar-refractivity contribution in [2.45, 2.75) is 20.8 Å². The van der Waals surface area contributed by atoms with E-state index in [1.807, 2.05) is 30.5 Å². The van der Waals surface area contributed by atoms with Crippen molar-refractivity contribution in [1.29, 1.82) is 0 Å². The van der Waals surface area contributed by atoms with E-state index in [-0.39, 0.29) is 0 Å². The van der Waals surface area contributed by atoms with Gasteiger partial charge in [-0.25, -0.2) is 0 Å². The summed E-state index contributed by atoms with van der Waals surface area (Å²) in [6.45, 7) is 19.1. The standard InChI is InChI=1S/C23H31N5O/c1-17(2)16-29-19(4)13-18(3)27-9-11-28(12-10-27)20(5)22-14-23(26-25-22)21-7-6-8-24-15-21/h6-8,13-15,17H,4-5,9-12,16H2,1-3H3,(H,25,26)/b18-13+. The number of hydrogen-bond acceptors (Lipinski definition) is 5. The van der Waals surface area contributed by atoms with E-state index in [1.54, 1.807) is 6.20 Å². The highest BCUT2D eigenvalue weighted by Gasteiger charge is 2.20. The number of nitrogens with one attached hydrogen (secondary N) is 1. The summed E-state index contributed by atoms with van der Waals surface area (Å²) in [6, 6.07) is 5.95. The van der Waals surface area contributed by atoms with E-state index in [4.69, 9.17) is 4.74 Å².